The molecule has 0 bridgehead atoms. The van der Waals surface area contributed by atoms with E-state index in [2.05, 4.69) is 20.9 Å². The normalized spacial score (nSPS) is 23.6. The van der Waals surface area contributed by atoms with Crippen molar-refractivity contribution in [1.29, 1.82) is 0 Å². The largest absolute Gasteiger partial charge is 0.465 e. The Kier molecular flexibility index (Phi) is 3.79. The number of hydrogen-bond donors (Lipinski definition) is 0. The molecule has 1 fully saturated rings. The second kappa shape index (κ2) is 5.14. The first-order valence-corrected chi connectivity index (χ1v) is 6.26. The van der Waals surface area contributed by atoms with Crippen molar-refractivity contribution in [1.82, 2.24) is 4.98 Å². The van der Waals surface area contributed by atoms with Crippen LogP contribution in [0.2, 0.25) is 0 Å². The van der Waals surface area contributed by atoms with E-state index >= 15 is 0 Å². The summed E-state index contributed by atoms with van der Waals surface area (Å²) in [5, 5.41) is 0. The Morgan fingerprint density at radius 3 is 3.06 bits per heavy atom. The van der Waals surface area contributed by atoms with Crippen molar-refractivity contribution in [3.8, 4) is 0 Å². The van der Waals surface area contributed by atoms with Crippen molar-refractivity contribution in [3.05, 3.63) is 28.5 Å². The molecular weight excluding hydrogens is 286 g/mol. The van der Waals surface area contributed by atoms with Crippen molar-refractivity contribution in [2.45, 2.75) is 18.8 Å². The highest BCUT2D eigenvalue weighted by atomic mass is 79.9. The molecule has 2 heterocycles. The van der Waals surface area contributed by atoms with Gasteiger partial charge in [0, 0.05) is 13.5 Å². The van der Waals surface area contributed by atoms with E-state index in [4.69, 9.17) is 9.47 Å². The molecule has 92 valence electrons. The van der Waals surface area contributed by atoms with Gasteiger partial charge in [0.15, 0.2) is 0 Å². The van der Waals surface area contributed by atoms with Crippen LogP contribution in [0.25, 0.3) is 0 Å². The number of halogens is 1. The molecule has 2 rings (SSSR count). The molecule has 0 aromatic carbocycles. The first kappa shape index (κ1) is 12.5. The lowest BCUT2D eigenvalue weighted by Gasteiger charge is -2.26. The fourth-order valence-corrected chi connectivity index (χ4v) is 2.28. The van der Waals surface area contributed by atoms with E-state index in [0.717, 1.165) is 16.7 Å². The fraction of sp³-hybridized carbons (Fsp3) is 0.500. The van der Waals surface area contributed by atoms with Gasteiger partial charge in [-0.25, -0.2) is 4.98 Å². The Balaban J connectivity index is 2.24. The van der Waals surface area contributed by atoms with Gasteiger partial charge in [0.05, 0.1) is 17.7 Å². The molecule has 1 atom stereocenters. The zero-order valence-corrected chi connectivity index (χ0v) is 11.2. The Morgan fingerprint density at radius 2 is 2.47 bits per heavy atom. The van der Waals surface area contributed by atoms with Gasteiger partial charge in [-0.15, -0.1) is 0 Å². The summed E-state index contributed by atoms with van der Waals surface area (Å²) in [6.07, 6.45) is 0.823. The molecule has 1 aromatic rings. The van der Waals surface area contributed by atoms with E-state index < -0.39 is 0 Å². The predicted molar refractivity (Wildman–Crippen MR) is 65.7 cm³/mol. The van der Waals surface area contributed by atoms with Crippen LogP contribution in [0.5, 0.6) is 0 Å². The summed E-state index contributed by atoms with van der Waals surface area (Å²) in [5.41, 5.74) is 0.612. The second-order valence-electron chi connectivity index (χ2n) is 4.21. The summed E-state index contributed by atoms with van der Waals surface area (Å²) in [4.78, 5) is 15.4. The van der Waals surface area contributed by atoms with Gasteiger partial charge < -0.3 is 9.47 Å². The smallest absolute Gasteiger partial charge is 0.302 e. The van der Waals surface area contributed by atoms with E-state index in [1.807, 2.05) is 18.2 Å². The number of rotatable bonds is 3. The summed E-state index contributed by atoms with van der Waals surface area (Å²) in [7, 11) is 0. The quantitative estimate of drug-likeness (QED) is 0.633. The maximum atomic E-state index is 10.9. The lowest BCUT2D eigenvalue weighted by molar-refractivity contribution is -0.143. The number of pyridine rings is 1. The van der Waals surface area contributed by atoms with Gasteiger partial charge in [-0.3, -0.25) is 4.79 Å². The van der Waals surface area contributed by atoms with Crippen molar-refractivity contribution in [2.75, 3.05) is 19.8 Å². The minimum absolute atomic E-state index is 0.272. The van der Waals surface area contributed by atoms with Crippen LogP contribution in [0.15, 0.2) is 22.8 Å². The molecule has 0 spiro atoms. The number of hydrogen-bond acceptors (Lipinski definition) is 4. The summed E-state index contributed by atoms with van der Waals surface area (Å²) < 4.78 is 11.4. The zero-order chi connectivity index (χ0) is 12.3. The Bertz CT molecular complexity index is 416. The standard InChI is InChI=1S/C12H14BrNO3/c1-9(15)17-8-12(5-6-16-7-12)10-3-2-4-11(13)14-10/h2-4H,5-8H2,1H3. The lowest BCUT2D eigenvalue weighted by Crippen LogP contribution is -2.34. The minimum atomic E-state index is -0.296. The Labute approximate surface area is 108 Å². The highest BCUT2D eigenvalue weighted by Gasteiger charge is 2.39. The minimum Gasteiger partial charge on any atom is -0.465 e. The van der Waals surface area contributed by atoms with E-state index in [1.165, 1.54) is 6.92 Å². The number of esters is 1. The van der Waals surface area contributed by atoms with Gasteiger partial charge in [0.1, 0.15) is 11.2 Å². The summed E-state index contributed by atoms with van der Waals surface area (Å²) >= 11 is 3.35. The molecule has 0 aliphatic carbocycles. The van der Waals surface area contributed by atoms with Crippen molar-refractivity contribution in [2.24, 2.45) is 0 Å². The molecule has 0 N–H and O–H groups in total. The van der Waals surface area contributed by atoms with Crippen LogP contribution < -0.4 is 0 Å². The molecule has 1 saturated heterocycles. The third-order valence-electron chi connectivity index (χ3n) is 2.91. The van der Waals surface area contributed by atoms with Crippen LogP contribution >= 0.6 is 15.9 Å². The molecule has 1 aliphatic rings. The van der Waals surface area contributed by atoms with E-state index in [-0.39, 0.29) is 11.4 Å². The Hall–Kier alpha value is -0.940. The van der Waals surface area contributed by atoms with Crippen LogP contribution in [0.4, 0.5) is 0 Å². The number of ether oxygens (including phenoxy) is 2. The molecule has 1 aromatic heterocycles. The number of aromatic nitrogens is 1. The number of nitrogens with zero attached hydrogens (tertiary/aromatic N) is 1. The molecule has 1 unspecified atom stereocenters. The van der Waals surface area contributed by atoms with Crippen molar-refractivity contribution in [3.63, 3.8) is 0 Å². The molecule has 17 heavy (non-hydrogen) atoms. The molecule has 1 aliphatic heterocycles. The summed E-state index contributed by atoms with van der Waals surface area (Å²) in [6, 6.07) is 5.75. The highest BCUT2D eigenvalue weighted by molar-refractivity contribution is 9.10. The van der Waals surface area contributed by atoms with Crippen LogP contribution in [0, 0.1) is 0 Å². The Morgan fingerprint density at radius 1 is 1.65 bits per heavy atom. The summed E-state index contributed by atoms with van der Waals surface area (Å²) in [6.45, 7) is 2.96. The summed E-state index contributed by atoms with van der Waals surface area (Å²) in [5.74, 6) is -0.272. The number of carbonyl (C=O) groups is 1. The van der Waals surface area contributed by atoms with Gasteiger partial charge in [0.2, 0.25) is 0 Å². The first-order chi connectivity index (χ1) is 8.12. The van der Waals surface area contributed by atoms with Gasteiger partial charge in [0.25, 0.3) is 0 Å². The van der Waals surface area contributed by atoms with Gasteiger partial charge in [-0.05, 0) is 34.5 Å². The van der Waals surface area contributed by atoms with Crippen LogP contribution in [-0.2, 0) is 19.7 Å². The monoisotopic (exact) mass is 299 g/mol. The van der Waals surface area contributed by atoms with E-state index in [9.17, 15) is 4.79 Å². The SMILES string of the molecule is CC(=O)OCC1(c2cccc(Br)n2)CCOC1. The van der Waals surface area contributed by atoms with Gasteiger partial charge >= 0.3 is 5.97 Å². The molecule has 4 nitrogen and oxygen atoms in total. The lowest BCUT2D eigenvalue weighted by atomic mass is 9.84. The number of carbonyl (C=O) groups excluding carboxylic acids is 1. The fourth-order valence-electron chi connectivity index (χ4n) is 1.94. The van der Waals surface area contributed by atoms with Crippen molar-refractivity contribution >= 4 is 21.9 Å². The topological polar surface area (TPSA) is 48.4 Å². The molecule has 5 heteroatoms. The molecule has 0 amide bonds. The first-order valence-electron chi connectivity index (χ1n) is 5.47. The van der Waals surface area contributed by atoms with Crippen LogP contribution in [0.3, 0.4) is 0 Å². The maximum absolute atomic E-state index is 10.9. The zero-order valence-electron chi connectivity index (χ0n) is 9.61. The van der Waals surface area contributed by atoms with Gasteiger partial charge in [-0.1, -0.05) is 6.07 Å². The maximum Gasteiger partial charge on any atom is 0.302 e. The average molecular weight is 300 g/mol. The van der Waals surface area contributed by atoms with Gasteiger partial charge in [-0.2, -0.15) is 0 Å². The van der Waals surface area contributed by atoms with Crippen molar-refractivity contribution < 1.29 is 14.3 Å². The van der Waals surface area contributed by atoms with Crippen LogP contribution in [-0.4, -0.2) is 30.8 Å². The van der Waals surface area contributed by atoms with E-state index in [1.54, 1.807) is 0 Å². The molecule has 0 radical (unpaired) electrons. The predicted octanol–water partition coefficient (Wildman–Crippen LogP) is 2.07. The third-order valence-corrected chi connectivity index (χ3v) is 3.36. The molecular formula is C12H14BrNO3. The molecule has 0 saturated carbocycles. The second-order valence-corrected chi connectivity index (χ2v) is 5.02. The average Bonchev–Trinajstić information content (AvgIpc) is 2.76. The van der Waals surface area contributed by atoms with E-state index in [0.29, 0.717) is 19.8 Å². The highest BCUT2D eigenvalue weighted by Crippen LogP contribution is 2.33. The van der Waals surface area contributed by atoms with Crippen LogP contribution in [0.1, 0.15) is 19.0 Å². The third kappa shape index (κ3) is 2.84.